The minimum atomic E-state index is -3.08. The maximum atomic E-state index is 12.7. The number of nitrogens with one attached hydrogen (secondary N) is 1. The summed E-state index contributed by atoms with van der Waals surface area (Å²) in [5.41, 5.74) is 0. The molecule has 0 spiro atoms. The molecule has 1 heterocycles. The molecule has 0 unspecified atom stereocenters. The molecule has 0 aromatic rings. The van der Waals surface area contributed by atoms with Gasteiger partial charge in [-0.25, -0.2) is 8.42 Å². The Morgan fingerprint density at radius 3 is 2.22 bits per heavy atom. The predicted molar refractivity (Wildman–Crippen MR) is 74.1 cm³/mol. The van der Waals surface area contributed by atoms with Crippen LogP contribution < -0.4 is 5.32 Å². The van der Waals surface area contributed by atoms with Crippen LogP contribution in [0.1, 0.15) is 51.9 Å². The highest BCUT2D eigenvalue weighted by atomic mass is 32.2. The number of rotatable bonds is 4. The van der Waals surface area contributed by atoms with Gasteiger partial charge in [0.05, 0.1) is 5.25 Å². The number of hydrogen-bond acceptors (Lipinski definition) is 3. The average molecular weight is 274 g/mol. The predicted octanol–water partition coefficient (Wildman–Crippen LogP) is 1.72. The molecule has 0 aromatic carbocycles. The van der Waals surface area contributed by atoms with Crippen molar-refractivity contribution in [3.8, 4) is 0 Å². The van der Waals surface area contributed by atoms with Gasteiger partial charge in [-0.15, -0.1) is 0 Å². The molecule has 0 radical (unpaired) electrons. The highest BCUT2D eigenvalue weighted by Gasteiger charge is 2.36. The van der Waals surface area contributed by atoms with Crippen LogP contribution in [-0.2, 0) is 10.0 Å². The topological polar surface area (TPSA) is 49.4 Å². The first-order valence-electron chi connectivity index (χ1n) is 7.37. The van der Waals surface area contributed by atoms with Gasteiger partial charge in [-0.3, -0.25) is 0 Å². The maximum absolute atomic E-state index is 12.7. The van der Waals surface area contributed by atoms with E-state index in [9.17, 15) is 8.42 Å². The third-order valence-corrected chi connectivity index (χ3v) is 6.85. The van der Waals surface area contributed by atoms with Crippen molar-refractivity contribution in [3.05, 3.63) is 0 Å². The minimum absolute atomic E-state index is 0.152. The summed E-state index contributed by atoms with van der Waals surface area (Å²) in [5, 5.41) is 3.09. The van der Waals surface area contributed by atoms with E-state index in [1.807, 2.05) is 11.2 Å². The smallest absolute Gasteiger partial charge is 0.217 e. The van der Waals surface area contributed by atoms with Crippen LogP contribution in [-0.4, -0.2) is 43.6 Å². The van der Waals surface area contributed by atoms with Crippen molar-refractivity contribution in [1.29, 1.82) is 0 Å². The molecule has 2 fully saturated rings. The fraction of sp³-hybridized carbons (Fsp3) is 1.00. The van der Waals surface area contributed by atoms with Gasteiger partial charge in [0.25, 0.3) is 0 Å². The van der Waals surface area contributed by atoms with E-state index in [0.717, 1.165) is 38.8 Å². The summed E-state index contributed by atoms with van der Waals surface area (Å²) in [6, 6.07) is 0.267. The lowest BCUT2D eigenvalue weighted by atomic mass is 9.95. The molecule has 1 aliphatic heterocycles. The second-order valence-electron chi connectivity index (χ2n) is 5.49. The van der Waals surface area contributed by atoms with E-state index >= 15 is 0 Å². The molecule has 0 bridgehead atoms. The van der Waals surface area contributed by atoms with Gasteiger partial charge in [-0.05, 0) is 38.8 Å². The van der Waals surface area contributed by atoms with E-state index < -0.39 is 10.0 Å². The summed E-state index contributed by atoms with van der Waals surface area (Å²) in [7, 11) is -3.08. The first kappa shape index (κ1) is 14.3. The van der Waals surface area contributed by atoms with Crippen molar-refractivity contribution in [2.45, 2.75) is 63.2 Å². The molecule has 1 aliphatic carbocycles. The Morgan fingerprint density at radius 2 is 1.67 bits per heavy atom. The van der Waals surface area contributed by atoms with E-state index in [1.165, 1.54) is 19.3 Å². The molecular weight excluding hydrogens is 248 g/mol. The third-order valence-electron chi connectivity index (χ3n) is 4.33. The molecule has 18 heavy (non-hydrogen) atoms. The highest BCUT2D eigenvalue weighted by Crippen LogP contribution is 2.28. The average Bonchev–Trinajstić information content (AvgIpc) is 2.41. The van der Waals surface area contributed by atoms with Gasteiger partial charge in [0.2, 0.25) is 10.0 Å². The maximum Gasteiger partial charge on any atom is 0.217 e. The van der Waals surface area contributed by atoms with Crippen LogP contribution in [0.2, 0.25) is 0 Å². The number of hydrogen-bond donors (Lipinski definition) is 1. The molecule has 1 saturated carbocycles. The summed E-state index contributed by atoms with van der Waals surface area (Å²) in [6.45, 7) is 4.29. The van der Waals surface area contributed by atoms with Gasteiger partial charge < -0.3 is 5.32 Å². The van der Waals surface area contributed by atoms with Crippen LogP contribution in [0.4, 0.5) is 0 Å². The molecule has 1 N–H and O–H groups in total. The van der Waals surface area contributed by atoms with E-state index in [0.29, 0.717) is 6.54 Å². The Balaban J connectivity index is 2.08. The van der Waals surface area contributed by atoms with Crippen molar-refractivity contribution >= 4 is 10.0 Å². The summed E-state index contributed by atoms with van der Waals surface area (Å²) >= 11 is 0. The van der Waals surface area contributed by atoms with Crippen molar-refractivity contribution in [3.63, 3.8) is 0 Å². The highest BCUT2D eigenvalue weighted by molar-refractivity contribution is 7.89. The zero-order valence-corrected chi connectivity index (χ0v) is 12.2. The second-order valence-corrected chi connectivity index (χ2v) is 7.66. The Bertz CT molecular complexity index is 344. The molecule has 0 aromatic heterocycles. The molecular formula is C13H26N2O2S. The van der Waals surface area contributed by atoms with E-state index in [-0.39, 0.29) is 11.3 Å². The van der Waals surface area contributed by atoms with Crippen molar-refractivity contribution in [2.24, 2.45) is 0 Å². The number of piperidine rings is 1. The zero-order valence-electron chi connectivity index (χ0n) is 11.4. The molecule has 2 rings (SSSR count). The van der Waals surface area contributed by atoms with Crippen LogP contribution in [0, 0.1) is 0 Å². The van der Waals surface area contributed by atoms with Gasteiger partial charge >= 0.3 is 0 Å². The second kappa shape index (κ2) is 6.35. The van der Waals surface area contributed by atoms with Crippen molar-refractivity contribution in [1.82, 2.24) is 9.62 Å². The van der Waals surface area contributed by atoms with Crippen LogP contribution in [0.15, 0.2) is 0 Å². The standard InChI is InChI=1S/C13H26N2O2S/c1-2-15(12-6-4-3-5-7-12)18(16,17)13-8-10-14-11-9-13/h12-14H,2-11H2,1H3. The SMILES string of the molecule is CCN(C1CCCCC1)S(=O)(=O)C1CCNCC1. The molecule has 0 amide bonds. The fourth-order valence-electron chi connectivity index (χ4n) is 3.30. The first-order valence-corrected chi connectivity index (χ1v) is 8.88. The minimum Gasteiger partial charge on any atom is -0.317 e. The molecule has 0 atom stereocenters. The van der Waals surface area contributed by atoms with Crippen molar-refractivity contribution in [2.75, 3.05) is 19.6 Å². The van der Waals surface area contributed by atoms with Crippen molar-refractivity contribution < 1.29 is 8.42 Å². The van der Waals surface area contributed by atoms with Gasteiger partial charge in [0.15, 0.2) is 0 Å². The fourth-order valence-corrected chi connectivity index (χ4v) is 5.50. The lowest BCUT2D eigenvalue weighted by Crippen LogP contribution is -2.48. The van der Waals surface area contributed by atoms with Gasteiger partial charge in [-0.2, -0.15) is 4.31 Å². The normalized spacial score (nSPS) is 24.6. The largest absolute Gasteiger partial charge is 0.317 e. The monoisotopic (exact) mass is 274 g/mol. The molecule has 1 saturated heterocycles. The molecule has 5 heteroatoms. The first-order chi connectivity index (χ1) is 8.66. The van der Waals surface area contributed by atoms with E-state index in [4.69, 9.17) is 0 Å². The lowest BCUT2D eigenvalue weighted by molar-refractivity contribution is 0.256. The van der Waals surface area contributed by atoms with Gasteiger partial charge in [-0.1, -0.05) is 26.2 Å². The molecule has 2 aliphatic rings. The van der Waals surface area contributed by atoms with Crippen LogP contribution >= 0.6 is 0 Å². The summed E-state index contributed by atoms with van der Waals surface area (Å²) in [5.74, 6) is 0. The van der Waals surface area contributed by atoms with Gasteiger partial charge in [0.1, 0.15) is 0 Å². The van der Waals surface area contributed by atoms with Crippen LogP contribution in [0.25, 0.3) is 0 Å². The summed E-state index contributed by atoms with van der Waals surface area (Å²) in [4.78, 5) is 0. The summed E-state index contributed by atoms with van der Waals surface area (Å²) in [6.07, 6.45) is 7.28. The zero-order chi connectivity index (χ0) is 13.0. The number of nitrogens with zero attached hydrogens (tertiary/aromatic N) is 1. The number of sulfonamides is 1. The van der Waals surface area contributed by atoms with E-state index in [1.54, 1.807) is 0 Å². The Hall–Kier alpha value is -0.130. The van der Waals surface area contributed by atoms with E-state index in [2.05, 4.69) is 5.32 Å². The molecule has 4 nitrogen and oxygen atoms in total. The molecule has 106 valence electrons. The Morgan fingerprint density at radius 1 is 1.06 bits per heavy atom. The van der Waals surface area contributed by atoms with Crippen LogP contribution in [0.5, 0.6) is 0 Å². The van der Waals surface area contributed by atoms with Gasteiger partial charge in [0, 0.05) is 12.6 Å². The lowest BCUT2D eigenvalue weighted by Gasteiger charge is -2.36. The third kappa shape index (κ3) is 3.06. The van der Waals surface area contributed by atoms with Crippen LogP contribution in [0.3, 0.4) is 0 Å². The summed E-state index contributed by atoms with van der Waals surface area (Å²) < 4.78 is 27.2. The quantitative estimate of drug-likeness (QED) is 0.849. The Kier molecular flexibility index (Phi) is 5.04. The Labute approximate surface area is 111 Å².